The van der Waals surface area contributed by atoms with Crippen molar-refractivity contribution in [3.05, 3.63) is 70.2 Å². The van der Waals surface area contributed by atoms with E-state index in [-0.39, 0.29) is 5.91 Å². The van der Waals surface area contributed by atoms with Crippen molar-refractivity contribution in [2.75, 3.05) is 24.4 Å². The second-order valence-electron chi connectivity index (χ2n) is 7.77. The molecule has 2 aromatic carbocycles. The Balaban J connectivity index is 1.70. The van der Waals surface area contributed by atoms with E-state index in [0.717, 1.165) is 5.69 Å². The number of nitrogens with one attached hydrogen (secondary N) is 2. The van der Waals surface area contributed by atoms with Gasteiger partial charge in [-0.05, 0) is 35.9 Å². The first-order valence-corrected chi connectivity index (χ1v) is 10.5. The van der Waals surface area contributed by atoms with Gasteiger partial charge in [-0.25, -0.2) is 5.01 Å². The van der Waals surface area contributed by atoms with E-state index in [2.05, 4.69) is 10.7 Å². The van der Waals surface area contributed by atoms with Gasteiger partial charge in [-0.2, -0.15) is 0 Å². The van der Waals surface area contributed by atoms with Crippen molar-refractivity contribution < 1.29 is 14.7 Å². The van der Waals surface area contributed by atoms with Crippen molar-refractivity contribution in [3.8, 4) is 0 Å². The van der Waals surface area contributed by atoms with Gasteiger partial charge in [0.05, 0.1) is 28.8 Å². The third-order valence-electron chi connectivity index (χ3n) is 5.55. The Morgan fingerprint density at radius 3 is 2.42 bits per heavy atom. The van der Waals surface area contributed by atoms with Crippen LogP contribution in [0, 0.1) is 5.92 Å². The molecular formula is C22H22Cl2N4O3. The molecule has 4 unspecified atom stereocenters. The lowest BCUT2D eigenvalue weighted by molar-refractivity contribution is -0.126. The lowest BCUT2D eigenvalue weighted by Crippen LogP contribution is -2.55. The fourth-order valence-electron chi connectivity index (χ4n) is 3.88. The highest BCUT2D eigenvalue weighted by atomic mass is 35.5. The number of fused-ring (bicyclic) bond motifs is 1. The quantitative estimate of drug-likeness (QED) is 0.469. The van der Waals surface area contributed by atoms with Crippen molar-refractivity contribution in [1.29, 1.82) is 0 Å². The molecule has 0 aliphatic carbocycles. The lowest BCUT2D eigenvalue weighted by Gasteiger charge is -2.40. The summed E-state index contributed by atoms with van der Waals surface area (Å²) in [5.41, 5.74) is 5.32. The number of carbonyl (C=O) groups excluding carboxylic acids is 2. The smallest absolute Gasteiger partial charge is 0.246 e. The van der Waals surface area contributed by atoms with E-state index in [1.807, 2.05) is 43.3 Å². The Hall–Kier alpha value is -2.58. The van der Waals surface area contributed by atoms with Crippen molar-refractivity contribution in [3.63, 3.8) is 0 Å². The largest absolute Gasteiger partial charge is 0.386 e. The van der Waals surface area contributed by atoms with Crippen molar-refractivity contribution in [2.24, 2.45) is 5.92 Å². The van der Waals surface area contributed by atoms with Gasteiger partial charge in [0.15, 0.2) is 0 Å². The highest BCUT2D eigenvalue weighted by Gasteiger charge is 2.49. The van der Waals surface area contributed by atoms with Crippen LogP contribution < -0.4 is 15.6 Å². The van der Waals surface area contributed by atoms with Gasteiger partial charge in [0.1, 0.15) is 6.04 Å². The van der Waals surface area contributed by atoms with E-state index in [0.29, 0.717) is 21.3 Å². The number of aliphatic hydroxyl groups excluding tert-OH is 1. The number of nitrogens with zero attached hydrogens (tertiary/aromatic N) is 2. The van der Waals surface area contributed by atoms with E-state index < -0.39 is 30.0 Å². The van der Waals surface area contributed by atoms with Crippen LogP contribution in [-0.2, 0) is 9.59 Å². The topological polar surface area (TPSA) is 84.9 Å². The molecule has 0 radical (unpaired) electrons. The molecule has 31 heavy (non-hydrogen) atoms. The number of hydrogen-bond acceptors (Lipinski definition) is 6. The summed E-state index contributed by atoms with van der Waals surface area (Å²) in [5, 5.41) is 16.0. The molecule has 2 aliphatic rings. The number of hydrogen-bond donors (Lipinski definition) is 3. The molecule has 4 rings (SSSR count). The highest BCUT2D eigenvalue weighted by molar-refractivity contribution is 6.36. The van der Waals surface area contributed by atoms with Crippen LogP contribution in [0.5, 0.6) is 0 Å². The van der Waals surface area contributed by atoms with Crippen LogP contribution in [0.4, 0.5) is 11.4 Å². The molecule has 7 nitrogen and oxygen atoms in total. The molecule has 1 fully saturated rings. The number of benzene rings is 2. The van der Waals surface area contributed by atoms with Gasteiger partial charge in [-0.3, -0.25) is 14.9 Å². The molecule has 2 amide bonds. The van der Waals surface area contributed by atoms with Gasteiger partial charge in [0.2, 0.25) is 11.8 Å². The molecule has 2 heterocycles. The zero-order chi connectivity index (χ0) is 22.3. The number of halogens is 2. The summed E-state index contributed by atoms with van der Waals surface area (Å²) in [7, 11) is 3.87. The number of anilines is 2. The van der Waals surface area contributed by atoms with E-state index >= 15 is 0 Å². The second-order valence-corrected chi connectivity index (χ2v) is 8.62. The normalized spacial score (nSPS) is 24.0. The molecule has 2 aromatic rings. The van der Waals surface area contributed by atoms with E-state index in [1.165, 1.54) is 0 Å². The van der Waals surface area contributed by atoms with E-state index in [1.54, 1.807) is 35.4 Å². The van der Waals surface area contributed by atoms with Crippen LogP contribution in [0.15, 0.2) is 54.6 Å². The van der Waals surface area contributed by atoms with Crippen LogP contribution >= 0.6 is 23.2 Å². The summed E-state index contributed by atoms with van der Waals surface area (Å²) in [6.07, 6.45) is 2.45. The summed E-state index contributed by atoms with van der Waals surface area (Å²) in [5.74, 6) is -1.47. The van der Waals surface area contributed by atoms with E-state index in [4.69, 9.17) is 23.2 Å². The molecular weight excluding hydrogens is 439 g/mol. The van der Waals surface area contributed by atoms with E-state index in [9.17, 15) is 14.7 Å². The zero-order valence-corrected chi connectivity index (χ0v) is 18.4. The molecule has 0 spiro atoms. The minimum atomic E-state index is -0.963. The Kier molecular flexibility index (Phi) is 5.94. The van der Waals surface area contributed by atoms with Gasteiger partial charge in [0, 0.05) is 24.8 Å². The van der Waals surface area contributed by atoms with Crippen LogP contribution in [0.3, 0.4) is 0 Å². The van der Waals surface area contributed by atoms with Crippen molar-refractivity contribution in [1.82, 2.24) is 10.3 Å². The fraction of sp³-hybridized carbons (Fsp3) is 0.273. The number of hydrazine groups is 1. The molecule has 0 bridgehead atoms. The monoisotopic (exact) mass is 460 g/mol. The SMILES string of the molecule is CN(C)c1ccc(C(O)C2C=CC3C(=O)NC(=O)C3N2Nc2ccc(Cl)cc2Cl)cc1. The Labute approximate surface area is 190 Å². The molecule has 0 aromatic heterocycles. The number of carbonyl (C=O) groups is 2. The number of imide groups is 1. The van der Waals surface area contributed by atoms with Crippen molar-refractivity contribution in [2.45, 2.75) is 18.2 Å². The van der Waals surface area contributed by atoms with Crippen LogP contribution in [0.2, 0.25) is 10.0 Å². The third kappa shape index (κ3) is 4.14. The summed E-state index contributed by atoms with van der Waals surface area (Å²) >= 11 is 12.3. The Bertz CT molecular complexity index is 1040. The first-order chi connectivity index (χ1) is 14.8. The van der Waals surface area contributed by atoms with Gasteiger partial charge in [0.25, 0.3) is 0 Å². The molecule has 162 valence electrons. The maximum atomic E-state index is 12.6. The Morgan fingerprint density at radius 2 is 1.77 bits per heavy atom. The summed E-state index contributed by atoms with van der Waals surface area (Å²) in [4.78, 5) is 26.8. The van der Waals surface area contributed by atoms with Crippen LogP contribution in [0.25, 0.3) is 0 Å². The lowest BCUT2D eigenvalue weighted by atomic mass is 9.90. The van der Waals surface area contributed by atoms with Crippen LogP contribution in [0.1, 0.15) is 11.7 Å². The predicted octanol–water partition coefficient (Wildman–Crippen LogP) is 3.00. The second kappa shape index (κ2) is 8.51. The molecule has 2 aliphatic heterocycles. The minimum Gasteiger partial charge on any atom is -0.386 e. The predicted molar refractivity (Wildman–Crippen MR) is 121 cm³/mol. The zero-order valence-electron chi connectivity index (χ0n) is 16.9. The molecule has 9 heteroatoms. The standard InChI is InChI=1S/C22H22Cl2N4O3/c1-27(2)14-6-3-12(4-7-14)20(29)18-10-8-15-19(22(31)25-21(15)30)28(18)26-17-9-5-13(23)11-16(17)24/h3-11,15,18-20,26,29H,1-2H3,(H,25,30,31). The average molecular weight is 461 g/mol. The first kappa shape index (κ1) is 21.6. The fourth-order valence-corrected chi connectivity index (χ4v) is 4.33. The highest BCUT2D eigenvalue weighted by Crippen LogP contribution is 2.35. The summed E-state index contributed by atoms with van der Waals surface area (Å²) < 4.78 is 0. The number of amides is 2. The number of rotatable bonds is 5. The summed E-state index contributed by atoms with van der Waals surface area (Å²) in [6.45, 7) is 0. The molecule has 3 N–H and O–H groups in total. The van der Waals surface area contributed by atoms with Gasteiger partial charge in [-0.15, -0.1) is 0 Å². The maximum Gasteiger partial charge on any atom is 0.246 e. The number of aliphatic hydroxyl groups is 1. The Morgan fingerprint density at radius 1 is 1.06 bits per heavy atom. The van der Waals surface area contributed by atoms with Crippen LogP contribution in [-0.4, -0.2) is 48.1 Å². The van der Waals surface area contributed by atoms with Gasteiger partial charge >= 0.3 is 0 Å². The maximum absolute atomic E-state index is 12.6. The van der Waals surface area contributed by atoms with Gasteiger partial charge < -0.3 is 15.4 Å². The molecule has 1 saturated heterocycles. The third-order valence-corrected chi connectivity index (χ3v) is 6.10. The minimum absolute atomic E-state index is 0.354. The summed E-state index contributed by atoms with van der Waals surface area (Å²) in [6, 6.07) is 11.0. The molecule has 0 saturated carbocycles. The van der Waals surface area contributed by atoms with Gasteiger partial charge in [-0.1, -0.05) is 47.5 Å². The average Bonchev–Trinajstić information content (AvgIpc) is 3.03. The molecule has 4 atom stereocenters. The van der Waals surface area contributed by atoms with Crippen molar-refractivity contribution >= 4 is 46.4 Å². The first-order valence-electron chi connectivity index (χ1n) is 9.74.